The fraction of sp³-hybridized carbons (Fsp3) is 0.200. The van der Waals surface area contributed by atoms with Crippen molar-refractivity contribution in [1.82, 2.24) is 10.6 Å². The maximum absolute atomic E-state index is 13.1. The zero-order valence-corrected chi connectivity index (χ0v) is 20.8. The first-order chi connectivity index (χ1) is 17.0. The van der Waals surface area contributed by atoms with Gasteiger partial charge in [-0.1, -0.05) is 0 Å². The van der Waals surface area contributed by atoms with Crippen LogP contribution < -0.4 is 34.6 Å². The molecule has 10 heteroatoms. The van der Waals surface area contributed by atoms with Crippen molar-refractivity contribution in [2.24, 2.45) is 0 Å². The van der Waals surface area contributed by atoms with Gasteiger partial charge in [0, 0.05) is 0 Å². The van der Waals surface area contributed by atoms with E-state index in [-0.39, 0.29) is 23.3 Å². The molecule has 9 nitrogen and oxygen atoms in total. The second kappa shape index (κ2) is 7.85. The number of ether oxygens (including phenoxy) is 1. The van der Waals surface area contributed by atoms with Gasteiger partial charge in [-0.3, -0.25) is 0 Å². The Bertz CT molecular complexity index is 1280. The number of carbonyl (C=O) groups is 2. The molecule has 6 rings (SSSR count). The molecule has 0 unspecified atom stereocenters. The molecule has 3 bridgehead atoms. The van der Waals surface area contributed by atoms with Crippen molar-refractivity contribution < 1.29 is 29.2 Å². The first kappa shape index (κ1) is 21.7. The van der Waals surface area contributed by atoms with Gasteiger partial charge >= 0.3 is 203 Å². The Hall–Kier alpha value is -3.84. The summed E-state index contributed by atoms with van der Waals surface area (Å²) < 4.78 is 32.0. The van der Waals surface area contributed by atoms with Crippen molar-refractivity contribution in [3.8, 4) is 28.7 Å². The number of benzene rings is 3. The Labute approximate surface area is 203 Å². The van der Waals surface area contributed by atoms with Crippen LogP contribution in [0.25, 0.3) is 0 Å². The molecule has 3 aliphatic heterocycles. The van der Waals surface area contributed by atoms with Gasteiger partial charge in [0.15, 0.2) is 0 Å². The topological polar surface area (TPSA) is 104 Å². The zero-order chi connectivity index (χ0) is 24.1. The Morgan fingerprint density at radius 3 is 1.71 bits per heavy atom. The van der Waals surface area contributed by atoms with Crippen LogP contribution in [0.15, 0.2) is 60.7 Å². The van der Waals surface area contributed by atoms with Gasteiger partial charge in [-0.05, 0) is 0 Å². The third-order valence-electron chi connectivity index (χ3n) is 6.12. The van der Waals surface area contributed by atoms with Crippen LogP contribution in [0.1, 0.15) is 33.6 Å². The van der Waals surface area contributed by atoms with Gasteiger partial charge in [0.05, 0.1) is 0 Å². The third-order valence-corrected chi connectivity index (χ3v) is 12.8. The quantitative estimate of drug-likeness (QED) is 0.484. The van der Waals surface area contributed by atoms with Crippen LogP contribution in [0, 0.1) is 0 Å². The molecule has 3 aliphatic rings. The third kappa shape index (κ3) is 3.30. The van der Waals surface area contributed by atoms with Gasteiger partial charge in [0.2, 0.25) is 0 Å². The zero-order valence-electron chi connectivity index (χ0n) is 18.9. The van der Waals surface area contributed by atoms with Crippen LogP contribution >= 0.6 is 0 Å². The molecular weight excluding hydrogens is 515 g/mol. The summed E-state index contributed by atoms with van der Waals surface area (Å²) >= 11 is -5.39. The summed E-state index contributed by atoms with van der Waals surface area (Å²) in [5.74, 6) is 1.23. The summed E-state index contributed by atoms with van der Waals surface area (Å²) in [6.45, 7) is 0.915. The van der Waals surface area contributed by atoms with Crippen LogP contribution in [0.3, 0.4) is 0 Å². The summed E-state index contributed by atoms with van der Waals surface area (Å²) in [5, 5.41) is 5.83. The van der Waals surface area contributed by atoms with E-state index in [1.54, 1.807) is 67.8 Å². The van der Waals surface area contributed by atoms with Crippen molar-refractivity contribution in [3.63, 3.8) is 0 Å². The van der Waals surface area contributed by atoms with E-state index in [0.29, 0.717) is 58.7 Å². The molecule has 0 fully saturated rings. The average molecular weight is 538 g/mol. The van der Waals surface area contributed by atoms with Gasteiger partial charge in [0.1, 0.15) is 0 Å². The summed E-state index contributed by atoms with van der Waals surface area (Å²) in [7, 11) is 1.57. The molecule has 180 valence electrons. The first-order valence-corrected chi connectivity index (χ1v) is 15.3. The number of hydrogen-bond donors (Lipinski definition) is 2. The van der Waals surface area contributed by atoms with Crippen molar-refractivity contribution in [2.75, 3.05) is 20.2 Å². The second-order valence-electron chi connectivity index (χ2n) is 8.36. The normalized spacial score (nSPS) is 20.1. The van der Waals surface area contributed by atoms with Crippen molar-refractivity contribution in [1.29, 1.82) is 0 Å². The van der Waals surface area contributed by atoms with Gasteiger partial charge in [-0.25, -0.2) is 0 Å². The SMILES string of the molecule is COc1ccc([As]234Oc5cccc(c5O2)C(=O)NCCCCNC(=O)c2cccc(c2O3)O4)cc1. The van der Waals surface area contributed by atoms with E-state index in [2.05, 4.69) is 10.6 Å². The minimum atomic E-state index is -5.39. The molecule has 0 saturated carbocycles. The molecule has 3 aromatic carbocycles. The number of hydrogen-bond acceptors (Lipinski definition) is 7. The molecule has 0 radical (unpaired) electrons. The average Bonchev–Trinajstić information content (AvgIpc) is 3.40. The fourth-order valence-corrected chi connectivity index (χ4v) is 11.2. The van der Waals surface area contributed by atoms with Crippen molar-refractivity contribution in [2.45, 2.75) is 12.8 Å². The van der Waals surface area contributed by atoms with Crippen molar-refractivity contribution in [3.05, 3.63) is 71.8 Å². The summed E-state index contributed by atoms with van der Waals surface area (Å²) in [6.07, 6.45) is 1.42. The Morgan fingerprint density at radius 1 is 0.714 bits per heavy atom. The maximum atomic E-state index is 13.1. The predicted octanol–water partition coefficient (Wildman–Crippen LogP) is 2.49. The number of nitrogens with one attached hydrogen (secondary N) is 2. The van der Waals surface area contributed by atoms with E-state index in [1.807, 2.05) is 0 Å². The molecule has 0 saturated heterocycles. The molecule has 3 aromatic rings. The van der Waals surface area contributed by atoms with E-state index in [0.717, 1.165) is 0 Å². The molecule has 2 amide bonds. The van der Waals surface area contributed by atoms with Crippen LogP contribution in [-0.4, -0.2) is 45.8 Å². The molecule has 2 N–H and O–H groups in total. The predicted molar refractivity (Wildman–Crippen MR) is 128 cm³/mol. The fourth-order valence-electron chi connectivity index (χ4n) is 4.37. The monoisotopic (exact) mass is 538 g/mol. The molecule has 1 spiro atoms. The summed E-state index contributed by atoms with van der Waals surface area (Å²) in [4.78, 5) is 26.1. The number of methoxy groups -OCH3 is 1. The van der Waals surface area contributed by atoms with Gasteiger partial charge in [-0.2, -0.15) is 0 Å². The van der Waals surface area contributed by atoms with E-state index < -0.39 is 13.8 Å². The van der Waals surface area contributed by atoms with Crippen LogP contribution in [0.4, 0.5) is 0 Å². The van der Waals surface area contributed by atoms with E-state index in [9.17, 15) is 9.59 Å². The standard InChI is InChI=1S/C25H23AsN2O7/c1-31-17-12-10-16(11-13-17)26-32-20-8-4-6-18(22(20)34-26)24(29)27-14-2-3-15-28-25(30)19-7-5-9-21(33-26)23(19)35-26/h4-13H,2-3,14-15H2,1H3,(H,27,29)(H,28,30). The van der Waals surface area contributed by atoms with Gasteiger partial charge in [-0.15, -0.1) is 0 Å². The Morgan fingerprint density at radius 2 is 1.23 bits per heavy atom. The number of para-hydroxylation sites is 2. The first-order valence-electron chi connectivity index (χ1n) is 11.3. The van der Waals surface area contributed by atoms with Gasteiger partial charge in [0.25, 0.3) is 0 Å². The van der Waals surface area contributed by atoms with Gasteiger partial charge < -0.3 is 0 Å². The van der Waals surface area contributed by atoms with Crippen LogP contribution in [0.5, 0.6) is 28.7 Å². The molecule has 0 aliphatic carbocycles. The van der Waals surface area contributed by atoms with E-state index in [4.69, 9.17) is 19.6 Å². The summed E-state index contributed by atoms with van der Waals surface area (Å²) in [6, 6.07) is 17.3. The number of carbonyl (C=O) groups excluding carboxylic acids is 2. The Balaban J connectivity index is 1.57. The number of rotatable bonds is 2. The number of amides is 2. The molecular formula is C25H23AsN2O7. The second-order valence-corrected chi connectivity index (χ2v) is 14.4. The van der Waals surface area contributed by atoms with Crippen LogP contribution in [0.2, 0.25) is 0 Å². The summed E-state index contributed by atoms with van der Waals surface area (Å²) in [5.41, 5.74) is 0.645. The molecule has 35 heavy (non-hydrogen) atoms. The molecule has 3 heterocycles. The molecule has 0 aromatic heterocycles. The van der Waals surface area contributed by atoms with E-state index in [1.165, 1.54) is 0 Å². The Kier molecular flexibility index (Phi) is 4.86. The van der Waals surface area contributed by atoms with E-state index >= 15 is 0 Å². The van der Waals surface area contributed by atoms with Crippen LogP contribution in [-0.2, 0) is 0 Å². The molecule has 0 atom stereocenters. The van der Waals surface area contributed by atoms with Crippen molar-refractivity contribution >= 4 is 30.0 Å². The minimum absolute atomic E-state index is 0.250.